The van der Waals surface area contributed by atoms with Crippen LogP contribution in [-0.2, 0) is 4.79 Å². The molecule has 3 aromatic rings. The van der Waals surface area contributed by atoms with E-state index in [1.807, 2.05) is 0 Å². The molecule has 0 unspecified atom stereocenters. The van der Waals surface area contributed by atoms with Gasteiger partial charge in [0, 0.05) is 25.0 Å². The number of rotatable bonds is 4. The average Bonchev–Trinajstić information content (AvgIpc) is 3.13. The lowest BCUT2D eigenvalue weighted by atomic mass is 10.1. The van der Waals surface area contributed by atoms with Gasteiger partial charge >= 0.3 is 0 Å². The van der Waals surface area contributed by atoms with Gasteiger partial charge in [0.1, 0.15) is 22.8 Å². The van der Waals surface area contributed by atoms with E-state index in [1.54, 1.807) is 48.8 Å². The van der Waals surface area contributed by atoms with Crippen molar-refractivity contribution >= 4 is 33.3 Å². The zero-order valence-electron chi connectivity index (χ0n) is 16.0. The van der Waals surface area contributed by atoms with E-state index in [-0.39, 0.29) is 11.7 Å². The number of amides is 1. The molecule has 1 amide bonds. The predicted octanol–water partition coefficient (Wildman–Crippen LogP) is 1.29. The third-order valence-corrected chi connectivity index (χ3v) is 6.06. The maximum atomic E-state index is 13.3. The molecule has 28 heavy (non-hydrogen) atoms. The summed E-state index contributed by atoms with van der Waals surface area (Å²) in [5.41, 5.74) is 2.00. The molecule has 1 fully saturated rings. The number of carbonyl (C=O) groups excluding carboxylic acids is 1. The molecule has 4 rings (SSSR count). The number of hydrogen-bond donors (Lipinski definition) is 1. The molecular weight excluding hydrogens is 377 g/mol. The second-order valence-electron chi connectivity index (χ2n) is 7.24. The van der Waals surface area contributed by atoms with Crippen LogP contribution < -0.4 is 9.80 Å². The monoisotopic (exact) mass is 400 g/mol. The van der Waals surface area contributed by atoms with Gasteiger partial charge in [0.2, 0.25) is 0 Å². The molecule has 0 aliphatic carbocycles. The molecule has 2 aromatic heterocycles. The fraction of sp³-hybridized carbons (Fsp3) is 0.350. The molecule has 0 spiro atoms. The number of hydrogen-bond acceptors (Lipinski definition) is 5. The minimum absolute atomic E-state index is 0.157. The second kappa shape index (κ2) is 7.81. The highest BCUT2D eigenvalue weighted by Crippen LogP contribution is 2.37. The van der Waals surface area contributed by atoms with Gasteiger partial charge in [-0.1, -0.05) is 12.1 Å². The fourth-order valence-corrected chi connectivity index (χ4v) is 4.44. The van der Waals surface area contributed by atoms with Crippen molar-refractivity contribution in [1.82, 2.24) is 14.9 Å². The van der Waals surface area contributed by atoms with Crippen LogP contribution >= 0.6 is 11.3 Å². The first-order valence-electron chi connectivity index (χ1n) is 9.29. The van der Waals surface area contributed by atoms with E-state index in [0.717, 1.165) is 53.3 Å². The number of nitrogens with one attached hydrogen (secondary N) is 1. The number of anilines is 1. The lowest BCUT2D eigenvalue weighted by Crippen LogP contribution is -3.15. The molecule has 6 nitrogen and oxygen atoms in total. The van der Waals surface area contributed by atoms with Crippen molar-refractivity contribution in [3.63, 3.8) is 0 Å². The molecule has 0 saturated carbocycles. The number of thiophene rings is 1. The molecule has 1 aliphatic rings. The lowest BCUT2D eigenvalue weighted by Gasteiger charge is -2.33. The van der Waals surface area contributed by atoms with E-state index in [9.17, 15) is 9.18 Å². The Morgan fingerprint density at radius 2 is 1.93 bits per heavy atom. The summed E-state index contributed by atoms with van der Waals surface area (Å²) in [4.78, 5) is 27.1. The van der Waals surface area contributed by atoms with Gasteiger partial charge < -0.3 is 14.7 Å². The number of likely N-dealkylation sites (N-methyl/N-ethyl adjacent to an activating group) is 1. The van der Waals surface area contributed by atoms with Crippen molar-refractivity contribution in [1.29, 1.82) is 0 Å². The highest BCUT2D eigenvalue weighted by Gasteiger charge is 2.26. The van der Waals surface area contributed by atoms with E-state index in [2.05, 4.69) is 20.2 Å². The number of fused-ring (bicyclic) bond motifs is 1. The van der Waals surface area contributed by atoms with Gasteiger partial charge in [-0.25, -0.2) is 14.4 Å². The molecule has 146 valence electrons. The normalized spacial score (nSPS) is 15.2. The van der Waals surface area contributed by atoms with Crippen molar-refractivity contribution in [2.45, 2.75) is 0 Å². The Balaban J connectivity index is 1.59. The third-order valence-electron chi connectivity index (χ3n) is 5.18. The van der Waals surface area contributed by atoms with Crippen LogP contribution in [0.2, 0.25) is 0 Å². The van der Waals surface area contributed by atoms with Gasteiger partial charge in [0.05, 0.1) is 31.6 Å². The standard InChI is InChI=1S/C20H22FN5OS/c1-24(2)17(27)11-25-7-9-26(10-8-25)19-18-16(12-28-20(18)23-13-22-19)14-3-5-15(21)6-4-14/h3-6,12-13H,7-11H2,1-2H3/p+1. The maximum Gasteiger partial charge on any atom is 0.277 e. The van der Waals surface area contributed by atoms with E-state index >= 15 is 0 Å². The largest absolute Gasteiger partial charge is 0.345 e. The van der Waals surface area contributed by atoms with Crippen LogP contribution in [-0.4, -0.2) is 67.6 Å². The van der Waals surface area contributed by atoms with Crippen molar-refractivity contribution < 1.29 is 14.1 Å². The number of aromatic nitrogens is 2. The van der Waals surface area contributed by atoms with Crippen LogP contribution in [0, 0.1) is 5.82 Å². The summed E-state index contributed by atoms with van der Waals surface area (Å²) in [5, 5.41) is 3.08. The number of carbonyl (C=O) groups is 1. The molecule has 0 atom stereocenters. The number of benzene rings is 1. The Labute approximate surface area is 167 Å². The van der Waals surface area contributed by atoms with Crippen molar-refractivity contribution in [3.8, 4) is 11.1 Å². The molecule has 0 radical (unpaired) electrons. The predicted molar refractivity (Wildman–Crippen MR) is 109 cm³/mol. The van der Waals surface area contributed by atoms with E-state index in [0.29, 0.717) is 6.54 Å². The Morgan fingerprint density at radius 3 is 2.61 bits per heavy atom. The Morgan fingerprint density at radius 1 is 1.21 bits per heavy atom. The summed E-state index contributed by atoms with van der Waals surface area (Å²) in [5.74, 6) is 0.832. The first-order chi connectivity index (χ1) is 13.5. The maximum absolute atomic E-state index is 13.3. The minimum atomic E-state index is -0.244. The summed E-state index contributed by atoms with van der Waals surface area (Å²) in [6.45, 7) is 3.98. The van der Waals surface area contributed by atoms with Crippen LogP contribution in [0.1, 0.15) is 0 Å². The van der Waals surface area contributed by atoms with Gasteiger partial charge in [-0.15, -0.1) is 11.3 Å². The molecule has 8 heteroatoms. The topological polar surface area (TPSA) is 53.8 Å². The van der Waals surface area contributed by atoms with Crippen LogP contribution in [0.15, 0.2) is 36.0 Å². The summed E-state index contributed by atoms with van der Waals surface area (Å²) >= 11 is 1.58. The minimum Gasteiger partial charge on any atom is -0.345 e. The van der Waals surface area contributed by atoms with E-state index < -0.39 is 0 Å². The quantitative estimate of drug-likeness (QED) is 0.717. The highest BCUT2D eigenvalue weighted by molar-refractivity contribution is 7.17. The number of nitrogens with zero attached hydrogens (tertiary/aromatic N) is 4. The zero-order chi connectivity index (χ0) is 19.7. The lowest BCUT2D eigenvalue weighted by molar-refractivity contribution is -0.892. The number of quaternary nitrogens is 1. The summed E-state index contributed by atoms with van der Waals surface area (Å²) < 4.78 is 13.3. The average molecular weight is 401 g/mol. The molecule has 1 saturated heterocycles. The van der Waals surface area contributed by atoms with E-state index in [1.165, 1.54) is 17.0 Å². The fourth-order valence-electron chi connectivity index (χ4n) is 3.52. The van der Waals surface area contributed by atoms with Crippen LogP contribution in [0.4, 0.5) is 10.2 Å². The molecule has 0 bridgehead atoms. The van der Waals surface area contributed by atoms with Crippen molar-refractivity contribution in [2.75, 3.05) is 51.7 Å². The van der Waals surface area contributed by atoms with Crippen molar-refractivity contribution in [3.05, 3.63) is 41.8 Å². The van der Waals surface area contributed by atoms with Crippen LogP contribution in [0.25, 0.3) is 21.3 Å². The zero-order valence-corrected chi connectivity index (χ0v) is 16.8. The summed E-state index contributed by atoms with van der Waals surface area (Å²) in [6.07, 6.45) is 1.61. The summed E-state index contributed by atoms with van der Waals surface area (Å²) in [6, 6.07) is 6.55. The van der Waals surface area contributed by atoms with Gasteiger partial charge in [-0.05, 0) is 17.7 Å². The Hall–Kier alpha value is -2.58. The molecule has 1 N–H and O–H groups in total. The summed E-state index contributed by atoms with van der Waals surface area (Å²) in [7, 11) is 3.59. The smallest absolute Gasteiger partial charge is 0.277 e. The van der Waals surface area contributed by atoms with Crippen molar-refractivity contribution in [2.24, 2.45) is 0 Å². The molecular formula is C20H23FN5OS+. The first kappa shape index (κ1) is 18.8. The second-order valence-corrected chi connectivity index (χ2v) is 8.09. The molecule has 1 aromatic carbocycles. The van der Waals surface area contributed by atoms with Gasteiger partial charge in [-0.3, -0.25) is 4.79 Å². The molecule has 3 heterocycles. The van der Waals surface area contributed by atoms with Crippen LogP contribution in [0.3, 0.4) is 0 Å². The van der Waals surface area contributed by atoms with Crippen LogP contribution in [0.5, 0.6) is 0 Å². The first-order valence-corrected chi connectivity index (χ1v) is 10.2. The van der Waals surface area contributed by atoms with E-state index in [4.69, 9.17) is 0 Å². The highest BCUT2D eigenvalue weighted by atomic mass is 32.1. The molecule has 1 aliphatic heterocycles. The Kier molecular flexibility index (Phi) is 5.23. The van der Waals surface area contributed by atoms with Gasteiger partial charge in [0.15, 0.2) is 6.54 Å². The van der Waals surface area contributed by atoms with Gasteiger partial charge in [-0.2, -0.15) is 0 Å². The Bertz CT molecular complexity index is 980. The number of halogens is 1. The SMILES string of the molecule is CN(C)C(=O)C[NH+]1CCN(c2ncnc3scc(-c4ccc(F)cc4)c23)CC1. The van der Waals surface area contributed by atoms with Gasteiger partial charge in [0.25, 0.3) is 5.91 Å². The number of piperazine rings is 1. The third kappa shape index (κ3) is 3.70.